The molecule has 0 saturated carbocycles. The van der Waals surface area contributed by atoms with Crippen LogP contribution in [0, 0.1) is 11.8 Å². The highest BCUT2D eigenvalue weighted by Crippen LogP contribution is 2.41. The van der Waals surface area contributed by atoms with Gasteiger partial charge in [0.05, 0.1) is 36.0 Å². The Morgan fingerprint density at radius 1 is 0.912 bits per heavy atom. The number of piperidine rings is 2. The Hall–Kier alpha value is -6.88. The van der Waals surface area contributed by atoms with Crippen LogP contribution in [0.15, 0.2) is 66.9 Å². The molecular formula is C49H54N10O8S. The van der Waals surface area contributed by atoms with E-state index < -0.39 is 27.9 Å². The Morgan fingerprint density at radius 3 is 2.43 bits per heavy atom. The maximum Gasteiger partial charge on any atom is 0.260 e. The standard InChI is InChI=1S/C49H54N10O8S/c1-4-67-42-29-33(16-17-38(42)51-49-50-30-41-44(53-49)59(68(3,65)66)39-15-8-7-13-36(39)47(63)54(41)2)46(62)57-23-20-34(21-24-57)56-27-25-55(26-28-56)22-9-5-6-11-32-12-10-14-35-37(32)31-58(48(35)64)40-18-19-43(60)52-45(40)61/h7-8,10,12-17,29-30,34,40H,4-5,9,18-28,31H2,1-3H3,(H,50,51,53)(H,52,60,61). The van der Waals surface area contributed by atoms with Crippen molar-refractivity contribution in [3.05, 3.63) is 94.7 Å². The molecule has 3 fully saturated rings. The monoisotopic (exact) mass is 942 g/mol. The maximum atomic E-state index is 13.9. The lowest BCUT2D eigenvalue weighted by Crippen LogP contribution is -2.53. The number of benzene rings is 3. The van der Waals surface area contributed by atoms with Crippen molar-refractivity contribution in [2.75, 3.05) is 80.2 Å². The predicted octanol–water partition coefficient (Wildman–Crippen LogP) is 4.12. The zero-order chi connectivity index (χ0) is 47.7. The molecule has 3 aromatic carbocycles. The zero-order valence-corrected chi connectivity index (χ0v) is 39.2. The number of hydrogen-bond acceptors (Lipinski definition) is 13. The van der Waals surface area contributed by atoms with Gasteiger partial charge in [-0.2, -0.15) is 4.98 Å². The molecule has 68 heavy (non-hydrogen) atoms. The first-order valence-electron chi connectivity index (χ1n) is 23.1. The van der Waals surface area contributed by atoms with Gasteiger partial charge in [0.15, 0.2) is 5.82 Å². The first-order chi connectivity index (χ1) is 32.8. The summed E-state index contributed by atoms with van der Waals surface area (Å²) in [4.78, 5) is 83.4. The molecule has 4 aromatic rings. The highest BCUT2D eigenvalue weighted by Gasteiger charge is 2.40. The molecule has 1 atom stereocenters. The summed E-state index contributed by atoms with van der Waals surface area (Å²) in [5, 5.41) is 5.50. The van der Waals surface area contributed by atoms with E-state index in [9.17, 15) is 32.4 Å². The van der Waals surface area contributed by atoms with E-state index in [2.05, 4.69) is 42.2 Å². The molecular weight excluding hydrogens is 889 g/mol. The number of ether oxygens (including phenoxy) is 1. The molecule has 2 N–H and O–H groups in total. The van der Waals surface area contributed by atoms with E-state index in [1.165, 1.54) is 11.1 Å². The molecule has 1 aromatic heterocycles. The number of nitrogens with one attached hydrogen (secondary N) is 2. The van der Waals surface area contributed by atoms with Crippen molar-refractivity contribution in [3.63, 3.8) is 0 Å². The fraction of sp³-hybridized carbons (Fsp3) is 0.408. The lowest BCUT2D eigenvalue weighted by molar-refractivity contribution is -0.136. The summed E-state index contributed by atoms with van der Waals surface area (Å²) in [6, 6.07) is 16.9. The van der Waals surface area contributed by atoms with Gasteiger partial charge in [0.1, 0.15) is 17.5 Å². The van der Waals surface area contributed by atoms with Crippen molar-refractivity contribution in [1.82, 2.24) is 34.9 Å². The normalized spacial score (nSPS) is 19.1. The highest BCUT2D eigenvalue weighted by atomic mass is 32.2. The van der Waals surface area contributed by atoms with Crippen LogP contribution in [0.4, 0.5) is 28.8 Å². The molecule has 5 aliphatic heterocycles. The number of anilines is 5. The molecule has 3 saturated heterocycles. The number of unbranched alkanes of at least 4 members (excludes halogenated alkanes) is 1. The number of hydrogen-bond donors (Lipinski definition) is 2. The van der Waals surface area contributed by atoms with Gasteiger partial charge in [-0.3, -0.25) is 34.2 Å². The van der Waals surface area contributed by atoms with Crippen molar-refractivity contribution >= 4 is 68.4 Å². The molecule has 6 heterocycles. The van der Waals surface area contributed by atoms with Gasteiger partial charge >= 0.3 is 0 Å². The maximum absolute atomic E-state index is 13.9. The van der Waals surface area contributed by atoms with E-state index in [1.54, 1.807) is 60.5 Å². The number of piperazine rings is 1. The molecule has 9 rings (SSSR count). The van der Waals surface area contributed by atoms with Crippen molar-refractivity contribution in [2.24, 2.45) is 0 Å². The average molecular weight is 943 g/mol. The van der Waals surface area contributed by atoms with Crippen LogP contribution in [0.5, 0.6) is 5.75 Å². The van der Waals surface area contributed by atoms with Crippen molar-refractivity contribution in [1.29, 1.82) is 0 Å². The van der Waals surface area contributed by atoms with Crippen LogP contribution in [0.25, 0.3) is 0 Å². The summed E-state index contributed by atoms with van der Waals surface area (Å²) in [6.45, 7) is 8.56. The fourth-order valence-electron chi connectivity index (χ4n) is 9.76. The first-order valence-corrected chi connectivity index (χ1v) is 24.9. The third kappa shape index (κ3) is 9.35. The third-order valence-corrected chi connectivity index (χ3v) is 14.4. The second kappa shape index (κ2) is 19.4. The molecule has 18 nitrogen and oxygen atoms in total. The van der Waals surface area contributed by atoms with Crippen LogP contribution in [0.3, 0.4) is 0 Å². The quantitative estimate of drug-likeness (QED) is 0.124. The van der Waals surface area contributed by atoms with Gasteiger partial charge in [-0.05, 0) is 87.2 Å². The van der Waals surface area contributed by atoms with Crippen molar-refractivity contribution < 1.29 is 37.1 Å². The van der Waals surface area contributed by atoms with Crippen LogP contribution in [0.2, 0.25) is 0 Å². The van der Waals surface area contributed by atoms with Crippen LogP contribution in [-0.4, -0.2) is 145 Å². The largest absolute Gasteiger partial charge is 0.492 e. The molecule has 0 spiro atoms. The molecule has 0 bridgehead atoms. The van der Waals surface area contributed by atoms with E-state index in [0.717, 1.165) is 80.1 Å². The molecule has 0 aliphatic carbocycles. The number of carbonyl (C=O) groups excluding carboxylic acids is 5. The summed E-state index contributed by atoms with van der Waals surface area (Å²) < 4.78 is 33.5. The summed E-state index contributed by atoms with van der Waals surface area (Å²) >= 11 is 0. The third-order valence-electron chi connectivity index (χ3n) is 13.3. The number of imide groups is 1. The summed E-state index contributed by atoms with van der Waals surface area (Å²) in [7, 11) is -2.40. The van der Waals surface area contributed by atoms with Gasteiger partial charge in [-0.1, -0.05) is 30.0 Å². The molecule has 19 heteroatoms. The number of amides is 5. The Bertz CT molecular complexity index is 2850. The summed E-state index contributed by atoms with van der Waals surface area (Å²) in [5.74, 6) is 5.67. The lowest BCUT2D eigenvalue weighted by Gasteiger charge is -2.42. The second-order valence-electron chi connectivity index (χ2n) is 17.6. The van der Waals surface area contributed by atoms with E-state index in [1.807, 2.05) is 24.0 Å². The van der Waals surface area contributed by atoms with E-state index in [4.69, 9.17) is 4.74 Å². The molecule has 354 valence electrons. The van der Waals surface area contributed by atoms with Crippen LogP contribution >= 0.6 is 0 Å². The number of sulfonamides is 1. The van der Waals surface area contributed by atoms with Crippen LogP contribution in [0.1, 0.15) is 87.6 Å². The first kappa shape index (κ1) is 46.2. The summed E-state index contributed by atoms with van der Waals surface area (Å²) in [5.41, 5.74) is 3.78. The Kier molecular flexibility index (Phi) is 13.2. The minimum absolute atomic E-state index is 0.0106. The fourth-order valence-corrected chi connectivity index (χ4v) is 10.7. The van der Waals surface area contributed by atoms with E-state index >= 15 is 0 Å². The number of carbonyl (C=O) groups is 5. The number of nitrogens with zero attached hydrogens (tertiary/aromatic N) is 8. The Balaban J connectivity index is 0.756. The van der Waals surface area contributed by atoms with E-state index in [-0.39, 0.29) is 52.8 Å². The Labute approximate surface area is 395 Å². The van der Waals surface area contributed by atoms with Gasteiger partial charge in [-0.25, -0.2) is 17.7 Å². The highest BCUT2D eigenvalue weighted by molar-refractivity contribution is 7.92. The minimum Gasteiger partial charge on any atom is -0.492 e. The number of likely N-dealkylation sites (tertiary alicyclic amines) is 1. The molecule has 5 aliphatic rings. The van der Waals surface area contributed by atoms with Gasteiger partial charge in [0, 0.05) is 88.4 Å². The molecule has 0 radical (unpaired) electrons. The van der Waals surface area contributed by atoms with Crippen LogP contribution in [-0.2, 0) is 26.2 Å². The van der Waals surface area contributed by atoms with Crippen molar-refractivity contribution in [2.45, 2.75) is 64.1 Å². The average Bonchev–Trinajstić information content (AvgIpc) is 3.63. The van der Waals surface area contributed by atoms with Crippen LogP contribution < -0.4 is 24.6 Å². The topological polar surface area (TPSA) is 198 Å². The van der Waals surface area contributed by atoms with Gasteiger partial charge in [-0.15, -0.1) is 0 Å². The summed E-state index contributed by atoms with van der Waals surface area (Å²) in [6.07, 6.45) is 6.41. The predicted molar refractivity (Wildman–Crippen MR) is 255 cm³/mol. The van der Waals surface area contributed by atoms with Crippen molar-refractivity contribution in [3.8, 4) is 17.6 Å². The number of fused-ring (bicyclic) bond motifs is 3. The second-order valence-corrected chi connectivity index (χ2v) is 19.4. The van der Waals surface area contributed by atoms with Gasteiger partial charge in [0.25, 0.3) is 17.7 Å². The van der Waals surface area contributed by atoms with E-state index in [0.29, 0.717) is 61.3 Å². The lowest BCUT2D eigenvalue weighted by atomic mass is 10.0. The minimum atomic E-state index is -3.94. The Morgan fingerprint density at radius 2 is 1.68 bits per heavy atom. The molecule has 1 unspecified atom stereocenters. The number of rotatable bonds is 11. The van der Waals surface area contributed by atoms with Gasteiger partial charge < -0.3 is 29.7 Å². The smallest absolute Gasteiger partial charge is 0.260 e. The SMILES string of the molecule is CCOc1cc(C(=O)N2CCC(N3CCN(CCCC#Cc4cccc5c4CN(C4CCC(=O)NC4=O)C5=O)CC3)CC2)ccc1Nc1ncc2c(n1)N(S(C)(=O)=O)c1ccccc1C(=O)N2C. The zero-order valence-electron chi connectivity index (χ0n) is 38.4. The van der Waals surface area contributed by atoms with Gasteiger partial charge in [0.2, 0.25) is 27.8 Å². The number of para-hydroxylation sites is 1. The number of aromatic nitrogens is 2. The molecule has 5 amide bonds.